The van der Waals surface area contributed by atoms with Crippen LogP contribution in [-0.4, -0.2) is 90.0 Å². The summed E-state index contributed by atoms with van der Waals surface area (Å²) in [6, 6.07) is 0. The van der Waals surface area contributed by atoms with Gasteiger partial charge in [-0.2, -0.15) is 0 Å². The zero-order chi connectivity index (χ0) is 33.2. The number of hydrogen-bond acceptors (Lipinski definition) is 10. The molecular weight excluding hydrogens is 589 g/mol. The first-order valence-corrected chi connectivity index (χ1v) is 15.7. The van der Waals surface area contributed by atoms with Crippen molar-refractivity contribution in [3.05, 3.63) is 23.8 Å². The monoisotopic (exact) mass is 635 g/mol. The van der Waals surface area contributed by atoms with Crippen molar-refractivity contribution in [3.8, 4) is 0 Å². The second kappa shape index (κ2) is 11.2. The summed E-state index contributed by atoms with van der Waals surface area (Å²) >= 11 is 0. The lowest BCUT2D eigenvalue weighted by Crippen LogP contribution is -2.70. The van der Waals surface area contributed by atoms with Gasteiger partial charge in [0.15, 0.2) is 29.4 Å². The Hall–Kier alpha value is -2.67. The molecule has 4 aliphatic carbocycles. The first-order valence-electron chi connectivity index (χ1n) is 15.7. The van der Waals surface area contributed by atoms with Crippen molar-refractivity contribution in [1.82, 2.24) is 5.32 Å². The summed E-state index contributed by atoms with van der Waals surface area (Å²) in [6.45, 7) is 11.3. The second-order valence-corrected chi connectivity index (χ2v) is 14.9. The number of fused-ring (bicyclic) bond motifs is 7. The van der Waals surface area contributed by atoms with Crippen LogP contribution in [0.25, 0.3) is 0 Å². The Bertz CT molecular complexity index is 1320. The number of esters is 1. The molecule has 5 rings (SSSR count). The van der Waals surface area contributed by atoms with Crippen LogP contribution in [0.2, 0.25) is 0 Å². The van der Waals surface area contributed by atoms with Gasteiger partial charge in [-0.1, -0.05) is 18.6 Å². The van der Waals surface area contributed by atoms with Crippen molar-refractivity contribution in [1.29, 1.82) is 0 Å². The van der Waals surface area contributed by atoms with Crippen LogP contribution in [0.15, 0.2) is 23.8 Å². The number of aliphatic hydroxyl groups excluding tert-OH is 1. The highest BCUT2D eigenvalue weighted by Crippen LogP contribution is 2.72. The Morgan fingerprint density at radius 3 is 2.53 bits per heavy atom. The molecule has 1 heterocycles. The van der Waals surface area contributed by atoms with Gasteiger partial charge in [-0.3, -0.25) is 9.59 Å². The third-order valence-electron chi connectivity index (χ3n) is 10.5. The lowest BCUT2D eigenvalue weighted by molar-refractivity contribution is -0.246. The molecule has 2 N–H and O–H groups in total. The van der Waals surface area contributed by atoms with Crippen LogP contribution in [-0.2, 0) is 38.1 Å². The molecule has 5 aliphatic rings. The van der Waals surface area contributed by atoms with Gasteiger partial charge in [-0.25, -0.2) is 14.0 Å². The number of Topliss-reactive ketones (excluding diaryl/α,β-unsaturated/α-hetero) is 1. The molecule has 0 unspecified atom stereocenters. The summed E-state index contributed by atoms with van der Waals surface area (Å²) < 4.78 is 46.0. The lowest BCUT2D eigenvalue weighted by atomic mass is 9.44. The molecule has 12 heteroatoms. The van der Waals surface area contributed by atoms with E-state index in [-0.39, 0.29) is 25.4 Å². The largest absolute Gasteiger partial charge is 0.456 e. The van der Waals surface area contributed by atoms with Gasteiger partial charge in [0.2, 0.25) is 5.78 Å². The Morgan fingerprint density at radius 2 is 1.84 bits per heavy atom. The number of nitrogens with one attached hydrogen (secondary N) is 1. The predicted molar refractivity (Wildman–Crippen MR) is 158 cm³/mol. The molecule has 45 heavy (non-hydrogen) atoms. The molecule has 8 atom stereocenters. The Balaban J connectivity index is 1.28. The zero-order valence-corrected chi connectivity index (χ0v) is 27.2. The number of halogens is 1. The molecule has 0 spiro atoms. The minimum absolute atomic E-state index is 0.0165. The van der Waals surface area contributed by atoms with Crippen molar-refractivity contribution in [2.45, 2.75) is 109 Å². The molecule has 3 saturated carbocycles. The van der Waals surface area contributed by atoms with Gasteiger partial charge < -0.3 is 34.1 Å². The summed E-state index contributed by atoms with van der Waals surface area (Å²) in [5, 5.41) is 14.2. The lowest BCUT2D eigenvalue weighted by Gasteiger charge is -2.62. The molecule has 1 saturated heterocycles. The van der Waals surface area contributed by atoms with Crippen molar-refractivity contribution in [2.24, 2.45) is 22.7 Å². The number of carbonyl (C=O) groups excluding carboxylic acids is 4. The fourth-order valence-corrected chi connectivity index (χ4v) is 8.80. The van der Waals surface area contributed by atoms with Gasteiger partial charge in [-0.15, -0.1) is 0 Å². The van der Waals surface area contributed by atoms with Gasteiger partial charge >= 0.3 is 12.1 Å². The highest BCUT2D eigenvalue weighted by atomic mass is 19.1. The van der Waals surface area contributed by atoms with E-state index >= 15 is 4.39 Å². The first-order chi connectivity index (χ1) is 20.8. The van der Waals surface area contributed by atoms with E-state index in [0.29, 0.717) is 24.8 Å². The quantitative estimate of drug-likeness (QED) is 0.300. The van der Waals surface area contributed by atoms with Crippen LogP contribution in [0, 0.1) is 22.7 Å². The minimum atomic E-state index is -2.07. The summed E-state index contributed by atoms with van der Waals surface area (Å²) in [6.07, 6.45) is 2.75. The number of alkyl halides is 1. The van der Waals surface area contributed by atoms with E-state index in [2.05, 4.69) is 5.32 Å². The predicted octanol–water partition coefficient (Wildman–Crippen LogP) is 3.51. The Kier molecular flexibility index (Phi) is 8.42. The van der Waals surface area contributed by atoms with Gasteiger partial charge in [0.05, 0.1) is 18.8 Å². The molecule has 0 radical (unpaired) electrons. The maximum Gasteiger partial charge on any atom is 0.407 e. The van der Waals surface area contributed by atoms with Crippen molar-refractivity contribution in [2.75, 3.05) is 26.4 Å². The number of rotatable bonds is 8. The maximum atomic E-state index is 17.5. The molecule has 0 aromatic carbocycles. The van der Waals surface area contributed by atoms with E-state index in [4.69, 9.17) is 23.7 Å². The standard InChI is InChI=1S/C33H46FNO10/c1-28(2,3)44-27(40)35-12-13-41-18-26(39)42-17-24(38)33-25(43-29(4,5)45-33)15-22-21-9-8-19-14-20(36)10-11-30(19,6)32(21,34)23(37)16-31(22,33)7/h10-11,14,21-23,25,37H,8-9,12-13,15-18H2,1-7H3,(H,35,40)/t21-,22-,23-,25+,30-,31-,32-,33+/m0/s1. The molecule has 4 fully saturated rings. The Morgan fingerprint density at radius 1 is 1.13 bits per heavy atom. The van der Waals surface area contributed by atoms with Gasteiger partial charge in [0.25, 0.3) is 0 Å². The van der Waals surface area contributed by atoms with Gasteiger partial charge in [0.1, 0.15) is 12.2 Å². The molecule has 1 aliphatic heterocycles. The van der Waals surface area contributed by atoms with Gasteiger partial charge in [0, 0.05) is 23.3 Å². The van der Waals surface area contributed by atoms with E-state index in [1.54, 1.807) is 47.6 Å². The second-order valence-electron chi connectivity index (χ2n) is 14.9. The maximum absolute atomic E-state index is 17.5. The summed E-state index contributed by atoms with van der Waals surface area (Å²) in [5.41, 5.74) is -5.84. The summed E-state index contributed by atoms with van der Waals surface area (Å²) in [5.74, 6) is -3.66. The van der Waals surface area contributed by atoms with Crippen molar-refractivity contribution >= 4 is 23.6 Å². The van der Waals surface area contributed by atoms with E-state index in [1.165, 1.54) is 12.2 Å². The van der Waals surface area contributed by atoms with Crippen LogP contribution in [0.3, 0.4) is 0 Å². The van der Waals surface area contributed by atoms with Crippen LogP contribution in [0.5, 0.6) is 0 Å². The average Bonchev–Trinajstić information content (AvgIpc) is 3.33. The van der Waals surface area contributed by atoms with Crippen LogP contribution >= 0.6 is 0 Å². The number of aliphatic hydroxyl groups is 1. The highest BCUT2D eigenvalue weighted by molar-refractivity contribution is 6.01. The average molecular weight is 636 g/mol. The van der Waals surface area contributed by atoms with Crippen LogP contribution in [0.1, 0.15) is 74.1 Å². The smallest absolute Gasteiger partial charge is 0.407 e. The minimum Gasteiger partial charge on any atom is -0.456 e. The fraction of sp³-hybridized carbons (Fsp3) is 0.758. The number of amides is 1. The molecular formula is C33H46FNO10. The molecule has 1 amide bonds. The first kappa shape index (κ1) is 33.7. The topological polar surface area (TPSA) is 147 Å². The number of allylic oxidation sites excluding steroid dienone is 4. The zero-order valence-electron chi connectivity index (χ0n) is 27.2. The number of carbonyl (C=O) groups is 4. The molecule has 250 valence electrons. The van der Waals surface area contributed by atoms with E-state index in [0.717, 1.165) is 0 Å². The van der Waals surface area contributed by atoms with E-state index < -0.39 is 88.6 Å². The molecule has 0 aromatic heterocycles. The number of hydrogen-bond donors (Lipinski definition) is 2. The van der Waals surface area contributed by atoms with Crippen molar-refractivity contribution in [3.63, 3.8) is 0 Å². The van der Waals surface area contributed by atoms with E-state index in [9.17, 15) is 24.3 Å². The summed E-state index contributed by atoms with van der Waals surface area (Å²) in [4.78, 5) is 50.5. The van der Waals surface area contributed by atoms with Crippen LogP contribution in [0.4, 0.5) is 9.18 Å². The SMILES string of the molecule is CC(C)(C)OC(=O)NCCOCC(=O)OCC(=O)[C@@]12OC(C)(C)O[C@@H]1C[C@H]1[C@@H]3CCC4=CC(=O)C=C[C@]4(C)[C@@]3(F)[C@@H](O)C[C@@]12C. The van der Waals surface area contributed by atoms with E-state index in [1.807, 2.05) is 6.92 Å². The number of alkyl carbamates (subject to hydrolysis) is 1. The Labute approximate surface area is 263 Å². The summed E-state index contributed by atoms with van der Waals surface area (Å²) in [7, 11) is 0. The molecule has 0 aromatic rings. The van der Waals surface area contributed by atoms with Gasteiger partial charge in [-0.05, 0) is 85.3 Å². The molecule has 11 nitrogen and oxygen atoms in total. The molecule has 0 bridgehead atoms. The van der Waals surface area contributed by atoms with Crippen molar-refractivity contribution < 1.29 is 52.4 Å². The third-order valence-corrected chi connectivity index (χ3v) is 10.5. The normalized spacial score (nSPS) is 39.6. The number of ether oxygens (including phenoxy) is 5. The third kappa shape index (κ3) is 5.45. The van der Waals surface area contributed by atoms with Crippen LogP contribution < -0.4 is 5.32 Å². The highest BCUT2D eigenvalue weighted by Gasteiger charge is 2.80. The fourth-order valence-electron chi connectivity index (χ4n) is 8.80. The number of ketones is 2.